The summed E-state index contributed by atoms with van der Waals surface area (Å²) in [6.07, 6.45) is 1.67. The Balaban J connectivity index is 3.00. The number of aromatic hydroxyl groups is 1. The van der Waals surface area contributed by atoms with Crippen LogP contribution in [0, 0.1) is 0 Å². The predicted octanol–water partition coefficient (Wildman–Crippen LogP) is 3.30. The maximum atomic E-state index is 12.0. The highest BCUT2D eigenvalue weighted by molar-refractivity contribution is 5.91. The molecule has 0 saturated carbocycles. The Hall–Kier alpha value is -1.51. The Morgan fingerprint density at radius 3 is 2.53 bits per heavy atom. The molecule has 3 heteroatoms. The third-order valence-electron chi connectivity index (χ3n) is 2.23. The summed E-state index contributed by atoms with van der Waals surface area (Å²) in [6, 6.07) is 4.76. The molecule has 94 valence electrons. The van der Waals surface area contributed by atoms with Crippen molar-refractivity contribution in [1.29, 1.82) is 0 Å². The van der Waals surface area contributed by atoms with E-state index in [4.69, 9.17) is 4.74 Å². The molecule has 0 unspecified atom stereocenters. The minimum atomic E-state index is -0.502. The van der Waals surface area contributed by atoms with Crippen molar-refractivity contribution >= 4 is 5.97 Å². The molecule has 0 fully saturated rings. The molecule has 0 saturated heterocycles. The van der Waals surface area contributed by atoms with E-state index in [1.807, 2.05) is 27.7 Å². The molecule has 0 bridgehead atoms. The zero-order valence-electron chi connectivity index (χ0n) is 10.9. The quantitative estimate of drug-likeness (QED) is 0.819. The van der Waals surface area contributed by atoms with Gasteiger partial charge in [-0.1, -0.05) is 13.3 Å². The highest BCUT2D eigenvalue weighted by atomic mass is 16.6. The zero-order chi connectivity index (χ0) is 13.1. The van der Waals surface area contributed by atoms with Crippen LogP contribution in [0.15, 0.2) is 18.2 Å². The van der Waals surface area contributed by atoms with E-state index in [1.54, 1.807) is 12.1 Å². The van der Waals surface area contributed by atoms with Crippen LogP contribution in [0.25, 0.3) is 0 Å². The zero-order valence-corrected chi connectivity index (χ0v) is 10.9. The lowest BCUT2D eigenvalue weighted by Crippen LogP contribution is -2.24. The van der Waals surface area contributed by atoms with Crippen LogP contribution >= 0.6 is 0 Å². The smallest absolute Gasteiger partial charge is 0.338 e. The Kier molecular flexibility index (Phi) is 4.16. The van der Waals surface area contributed by atoms with Crippen LogP contribution in [0.5, 0.6) is 5.75 Å². The monoisotopic (exact) mass is 236 g/mol. The van der Waals surface area contributed by atoms with Crippen LogP contribution in [0.4, 0.5) is 0 Å². The number of carbonyl (C=O) groups is 1. The number of rotatable bonds is 3. The highest BCUT2D eigenvalue weighted by Crippen LogP contribution is 2.21. The number of hydrogen-bond acceptors (Lipinski definition) is 3. The van der Waals surface area contributed by atoms with Gasteiger partial charge in [-0.05, 0) is 51.0 Å². The number of hydrogen-bond donors (Lipinski definition) is 1. The van der Waals surface area contributed by atoms with E-state index in [0.29, 0.717) is 5.56 Å². The van der Waals surface area contributed by atoms with Crippen molar-refractivity contribution in [1.82, 2.24) is 0 Å². The third-order valence-corrected chi connectivity index (χ3v) is 2.23. The van der Waals surface area contributed by atoms with Crippen molar-refractivity contribution in [2.24, 2.45) is 0 Å². The van der Waals surface area contributed by atoms with Crippen molar-refractivity contribution in [3.8, 4) is 5.75 Å². The first-order valence-corrected chi connectivity index (χ1v) is 5.88. The molecular formula is C14H20O3. The van der Waals surface area contributed by atoms with Crippen LogP contribution in [0.2, 0.25) is 0 Å². The summed E-state index contributed by atoms with van der Waals surface area (Å²) in [7, 11) is 0. The molecule has 0 aliphatic rings. The first-order valence-electron chi connectivity index (χ1n) is 5.88. The Labute approximate surface area is 102 Å². The van der Waals surface area contributed by atoms with E-state index >= 15 is 0 Å². The minimum absolute atomic E-state index is 0.181. The number of esters is 1. The van der Waals surface area contributed by atoms with Crippen molar-refractivity contribution in [2.75, 3.05) is 0 Å². The van der Waals surface area contributed by atoms with Crippen molar-refractivity contribution < 1.29 is 14.6 Å². The molecule has 1 aromatic rings. The summed E-state index contributed by atoms with van der Waals surface area (Å²) < 4.78 is 5.33. The van der Waals surface area contributed by atoms with Gasteiger partial charge in [-0.2, -0.15) is 0 Å². The number of aryl methyl sites for hydroxylation is 1. The lowest BCUT2D eigenvalue weighted by atomic mass is 10.0. The molecule has 0 aliphatic heterocycles. The standard InChI is InChI=1S/C14H20O3/c1-5-6-10-9-11(15)7-8-12(10)13(16)17-14(2,3)4/h7-9,15H,5-6H2,1-4H3. The first kappa shape index (κ1) is 13.6. The van der Waals surface area contributed by atoms with Gasteiger partial charge in [-0.15, -0.1) is 0 Å². The van der Waals surface area contributed by atoms with Gasteiger partial charge in [0.05, 0.1) is 5.56 Å². The van der Waals surface area contributed by atoms with Gasteiger partial charge in [0.15, 0.2) is 0 Å². The second-order valence-corrected chi connectivity index (χ2v) is 5.09. The molecule has 3 nitrogen and oxygen atoms in total. The molecule has 1 N–H and O–H groups in total. The van der Waals surface area contributed by atoms with Gasteiger partial charge < -0.3 is 9.84 Å². The number of carbonyl (C=O) groups excluding carboxylic acids is 1. The number of ether oxygens (including phenoxy) is 1. The van der Waals surface area contributed by atoms with Crippen LogP contribution in [-0.2, 0) is 11.2 Å². The molecule has 17 heavy (non-hydrogen) atoms. The van der Waals surface area contributed by atoms with Crippen molar-refractivity contribution in [3.05, 3.63) is 29.3 Å². The summed E-state index contributed by atoms with van der Waals surface area (Å²) in [5, 5.41) is 9.43. The van der Waals surface area contributed by atoms with Crippen LogP contribution in [0.3, 0.4) is 0 Å². The van der Waals surface area contributed by atoms with E-state index in [1.165, 1.54) is 6.07 Å². The first-order chi connectivity index (χ1) is 7.83. The van der Waals surface area contributed by atoms with Crippen molar-refractivity contribution in [3.63, 3.8) is 0 Å². The molecule has 0 radical (unpaired) electrons. The normalized spacial score (nSPS) is 11.3. The topological polar surface area (TPSA) is 46.5 Å². The van der Waals surface area contributed by atoms with E-state index < -0.39 is 5.60 Å². The Morgan fingerprint density at radius 1 is 1.35 bits per heavy atom. The van der Waals surface area contributed by atoms with Gasteiger partial charge >= 0.3 is 5.97 Å². The average molecular weight is 236 g/mol. The molecule has 0 aromatic heterocycles. The van der Waals surface area contributed by atoms with Crippen LogP contribution < -0.4 is 0 Å². The summed E-state index contributed by atoms with van der Waals surface area (Å²) in [4.78, 5) is 12.0. The van der Waals surface area contributed by atoms with E-state index in [-0.39, 0.29) is 11.7 Å². The second-order valence-electron chi connectivity index (χ2n) is 5.09. The van der Waals surface area contributed by atoms with Gasteiger partial charge in [-0.25, -0.2) is 4.79 Å². The predicted molar refractivity (Wildman–Crippen MR) is 67.3 cm³/mol. The van der Waals surface area contributed by atoms with Crippen LogP contribution in [0.1, 0.15) is 50.0 Å². The van der Waals surface area contributed by atoms with Gasteiger partial charge in [-0.3, -0.25) is 0 Å². The summed E-state index contributed by atoms with van der Waals surface area (Å²) in [5.74, 6) is -0.151. The summed E-state index contributed by atoms with van der Waals surface area (Å²) in [5.41, 5.74) is 0.875. The lowest BCUT2D eigenvalue weighted by molar-refractivity contribution is 0.00684. The number of phenolic OH excluding ortho intramolecular Hbond substituents is 1. The fraction of sp³-hybridized carbons (Fsp3) is 0.500. The minimum Gasteiger partial charge on any atom is -0.508 e. The molecule has 0 aliphatic carbocycles. The van der Waals surface area contributed by atoms with Crippen LogP contribution in [-0.4, -0.2) is 16.7 Å². The van der Waals surface area contributed by atoms with Gasteiger partial charge in [0.1, 0.15) is 11.4 Å². The molecule has 0 spiro atoms. The van der Waals surface area contributed by atoms with Crippen molar-refractivity contribution in [2.45, 2.75) is 46.1 Å². The lowest BCUT2D eigenvalue weighted by Gasteiger charge is -2.20. The maximum absolute atomic E-state index is 12.0. The summed E-state index contributed by atoms with van der Waals surface area (Å²) in [6.45, 7) is 7.54. The average Bonchev–Trinajstić information content (AvgIpc) is 2.15. The fourth-order valence-electron chi connectivity index (χ4n) is 1.59. The molecule has 0 atom stereocenters. The van der Waals surface area contributed by atoms with Gasteiger partial charge in [0.2, 0.25) is 0 Å². The number of phenols is 1. The molecule has 1 aromatic carbocycles. The van der Waals surface area contributed by atoms with Gasteiger partial charge in [0.25, 0.3) is 0 Å². The van der Waals surface area contributed by atoms with E-state index in [2.05, 4.69) is 0 Å². The number of benzene rings is 1. The molecular weight excluding hydrogens is 216 g/mol. The van der Waals surface area contributed by atoms with E-state index in [0.717, 1.165) is 18.4 Å². The fourth-order valence-corrected chi connectivity index (χ4v) is 1.59. The largest absolute Gasteiger partial charge is 0.508 e. The SMILES string of the molecule is CCCc1cc(O)ccc1C(=O)OC(C)(C)C. The third kappa shape index (κ3) is 4.10. The molecule has 0 heterocycles. The van der Waals surface area contributed by atoms with Gasteiger partial charge in [0, 0.05) is 0 Å². The maximum Gasteiger partial charge on any atom is 0.338 e. The summed E-state index contributed by atoms with van der Waals surface area (Å²) >= 11 is 0. The van der Waals surface area contributed by atoms with E-state index in [9.17, 15) is 9.90 Å². The molecule has 0 amide bonds. The molecule has 1 rings (SSSR count). The Bertz CT molecular complexity index is 402. The Morgan fingerprint density at radius 2 is 2.00 bits per heavy atom. The highest BCUT2D eigenvalue weighted by Gasteiger charge is 2.20. The second kappa shape index (κ2) is 5.21.